The number of benzene rings is 2. The minimum Gasteiger partial charge on any atom is -0.359 e. The third-order valence-electron chi connectivity index (χ3n) is 5.50. The van der Waals surface area contributed by atoms with E-state index >= 15 is 0 Å². The maximum atomic E-state index is 12.3. The number of hydrogen-bond acceptors (Lipinski definition) is 2. The van der Waals surface area contributed by atoms with Gasteiger partial charge in [-0.15, -0.1) is 0 Å². The molecule has 1 aliphatic rings. The van der Waals surface area contributed by atoms with E-state index in [1.165, 1.54) is 30.0 Å². The van der Waals surface area contributed by atoms with Gasteiger partial charge in [-0.2, -0.15) is 0 Å². The summed E-state index contributed by atoms with van der Waals surface area (Å²) in [5.74, 6) is -0.0744. The molecule has 0 saturated heterocycles. The summed E-state index contributed by atoms with van der Waals surface area (Å²) >= 11 is 5.30. The molecule has 0 atom stereocenters. The van der Waals surface area contributed by atoms with Crippen LogP contribution in [0, 0.1) is 0 Å². The third kappa shape index (κ3) is 4.12. The number of carbonyl (C=O) groups is 1. The molecule has 0 spiro atoms. The van der Waals surface area contributed by atoms with Crippen molar-refractivity contribution in [2.45, 2.75) is 51.1 Å². The van der Waals surface area contributed by atoms with Gasteiger partial charge in [0, 0.05) is 40.8 Å². The van der Waals surface area contributed by atoms with E-state index in [2.05, 4.69) is 57.1 Å². The van der Waals surface area contributed by atoms with Crippen LogP contribution in [-0.2, 0) is 11.3 Å². The Morgan fingerprint density at radius 2 is 1.54 bits per heavy atom. The van der Waals surface area contributed by atoms with Crippen LogP contribution in [0.4, 0.5) is 0 Å². The van der Waals surface area contributed by atoms with Gasteiger partial charge in [0.1, 0.15) is 0 Å². The normalized spacial score (nSPS) is 14.9. The SMILES string of the molecule is O=C(CCn1c2ccccc2c2ccccc21)NNC(=S)NC1CCCCC1. The highest BCUT2D eigenvalue weighted by Crippen LogP contribution is 2.28. The van der Waals surface area contributed by atoms with Gasteiger partial charge in [-0.05, 0) is 37.2 Å². The number of amides is 1. The van der Waals surface area contributed by atoms with Crippen LogP contribution in [-0.4, -0.2) is 21.6 Å². The maximum Gasteiger partial charge on any atom is 0.240 e. The predicted molar refractivity (Wildman–Crippen MR) is 118 cm³/mol. The fraction of sp³-hybridized carbons (Fsp3) is 0.364. The van der Waals surface area contributed by atoms with Crippen LogP contribution < -0.4 is 16.2 Å². The van der Waals surface area contributed by atoms with Crippen molar-refractivity contribution in [2.24, 2.45) is 0 Å². The van der Waals surface area contributed by atoms with Crippen molar-refractivity contribution < 1.29 is 4.79 Å². The first kappa shape index (κ1) is 18.7. The zero-order valence-electron chi connectivity index (χ0n) is 15.9. The molecule has 146 valence electrons. The van der Waals surface area contributed by atoms with Gasteiger partial charge in [-0.1, -0.05) is 55.7 Å². The number of aryl methyl sites for hydroxylation is 1. The number of thiocarbonyl (C=S) groups is 1. The topological polar surface area (TPSA) is 58.1 Å². The molecule has 0 radical (unpaired) electrons. The van der Waals surface area contributed by atoms with E-state index in [4.69, 9.17) is 12.2 Å². The van der Waals surface area contributed by atoms with Gasteiger partial charge in [0.05, 0.1) is 0 Å². The largest absolute Gasteiger partial charge is 0.359 e. The second kappa shape index (κ2) is 8.61. The van der Waals surface area contributed by atoms with Crippen LogP contribution >= 0.6 is 12.2 Å². The molecule has 3 aromatic rings. The summed E-state index contributed by atoms with van der Waals surface area (Å²) in [7, 11) is 0. The molecule has 1 aromatic heterocycles. The molecule has 5 nitrogen and oxygen atoms in total. The van der Waals surface area contributed by atoms with E-state index in [-0.39, 0.29) is 5.91 Å². The predicted octanol–water partition coefficient (Wildman–Crippen LogP) is 4.01. The summed E-state index contributed by atoms with van der Waals surface area (Å²) in [6.45, 7) is 0.615. The number of carbonyl (C=O) groups excluding carboxylic acids is 1. The Balaban J connectivity index is 1.35. The van der Waals surface area contributed by atoms with Crippen LogP contribution in [0.2, 0.25) is 0 Å². The zero-order chi connectivity index (χ0) is 19.3. The van der Waals surface area contributed by atoms with E-state index in [1.54, 1.807) is 0 Å². The van der Waals surface area contributed by atoms with Gasteiger partial charge < -0.3 is 9.88 Å². The number of rotatable bonds is 4. The zero-order valence-corrected chi connectivity index (χ0v) is 16.7. The van der Waals surface area contributed by atoms with Gasteiger partial charge in [-0.3, -0.25) is 15.6 Å². The van der Waals surface area contributed by atoms with Crippen LogP contribution in [0.3, 0.4) is 0 Å². The second-order valence-corrected chi connectivity index (χ2v) is 7.83. The summed E-state index contributed by atoms with van der Waals surface area (Å²) < 4.78 is 2.21. The number of para-hydroxylation sites is 2. The summed E-state index contributed by atoms with van der Waals surface area (Å²) in [4.78, 5) is 12.3. The first-order valence-corrected chi connectivity index (χ1v) is 10.4. The molecule has 0 bridgehead atoms. The fourth-order valence-corrected chi connectivity index (χ4v) is 4.33. The smallest absolute Gasteiger partial charge is 0.240 e. The van der Waals surface area contributed by atoms with E-state index in [1.807, 2.05) is 12.1 Å². The van der Waals surface area contributed by atoms with Crippen molar-refractivity contribution >= 4 is 45.0 Å². The Bertz CT molecular complexity index is 937. The Morgan fingerprint density at radius 1 is 0.929 bits per heavy atom. The summed E-state index contributed by atoms with van der Waals surface area (Å²) in [5, 5.41) is 6.22. The minimum atomic E-state index is -0.0744. The van der Waals surface area contributed by atoms with Gasteiger partial charge in [-0.25, -0.2) is 0 Å². The molecule has 6 heteroatoms. The number of nitrogens with zero attached hydrogens (tertiary/aromatic N) is 1. The van der Waals surface area contributed by atoms with E-state index in [9.17, 15) is 4.79 Å². The molecule has 2 aromatic carbocycles. The van der Waals surface area contributed by atoms with E-state index in [0.717, 1.165) is 23.9 Å². The first-order chi connectivity index (χ1) is 13.7. The molecule has 1 fully saturated rings. The highest BCUT2D eigenvalue weighted by Gasteiger charge is 2.14. The third-order valence-corrected chi connectivity index (χ3v) is 5.72. The van der Waals surface area contributed by atoms with Gasteiger partial charge >= 0.3 is 0 Å². The van der Waals surface area contributed by atoms with Crippen molar-refractivity contribution in [3.05, 3.63) is 48.5 Å². The Kier molecular flexibility index (Phi) is 5.76. The molecule has 0 unspecified atom stereocenters. The van der Waals surface area contributed by atoms with Gasteiger partial charge in [0.25, 0.3) is 0 Å². The first-order valence-electron chi connectivity index (χ1n) is 10.0. The van der Waals surface area contributed by atoms with E-state index in [0.29, 0.717) is 24.1 Å². The fourth-order valence-electron chi connectivity index (χ4n) is 4.11. The summed E-state index contributed by atoms with van der Waals surface area (Å²) in [6, 6.07) is 17.1. The molecule has 1 heterocycles. The number of hydrazine groups is 1. The molecule has 0 aliphatic heterocycles. The van der Waals surface area contributed by atoms with E-state index < -0.39 is 0 Å². The monoisotopic (exact) mass is 394 g/mol. The molecule has 3 N–H and O–H groups in total. The summed E-state index contributed by atoms with van der Waals surface area (Å²) in [6.07, 6.45) is 6.45. The van der Waals surface area contributed by atoms with Gasteiger partial charge in [0.15, 0.2) is 5.11 Å². The number of nitrogens with one attached hydrogen (secondary N) is 3. The van der Waals surface area contributed by atoms with Crippen molar-refractivity contribution in [3.63, 3.8) is 0 Å². The summed E-state index contributed by atoms with van der Waals surface area (Å²) in [5.41, 5.74) is 7.87. The quantitative estimate of drug-likeness (QED) is 0.462. The Labute approximate surface area is 170 Å². The van der Waals surface area contributed by atoms with Crippen LogP contribution in [0.15, 0.2) is 48.5 Å². The highest BCUT2D eigenvalue weighted by molar-refractivity contribution is 7.80. The average Bonchev–Trinajstić information content (AvgIpc) is 3.05. The number of fused-ring (bicyclic) bond motifs is 3. The lowest BCUT2D eigenvalue weighted by Gasteiger charge is -2.24. The number of aromatic nitrogens is 1. The second-order valence-electron chi connectivity index (χ2n) is 7.42. The lowest BCUT2D eigenvalue weighted by atomic mass is 9.96. The average molecular weight is 395 g/mol. The molecular formula is C22H26N4OS. The van der Waals surface area contributed by atoms with Crippen molar-refractivity contribution in [2.75, 3.05) is 0 Å². The Morgan fingerprint density at radius 3 is 2.18 bits per heavy atom. The molecular weight excluding hydrogens is 368 g/mol. The number of hydrogen-bond donors (Lipinski definition) is 3. The lowest BCUT2D eigenvalue weighted by Crippen LogP contribution is -2.50. The van der Waals surface area contributed by atoms with Crippen molar-refractivity contribution in [1.82, 2.24) is 20.7 Å². The molecule has 4 rings (SSSR count). The van der Waals surface area contributed by atoms with Crippen LogP contribution in [0.25, 0.3) is 21.8 Å². The Hall–Kier alpha value is -2.60. The lowest BCUT2D eigenvalue weighted by molar-refractivity contribution is -0.121. The van der Waals surface area contributed by atoms with Gasteiger partial charge in [0.2, 0.25) is 5.91 Å². The van der Waals surface area contributed by atoms with Crippen LogP contribution in [0.5, 0.6) is 0 Å². The standard InChI is InChI=1S/C22H26N4OS/c27-21(24-25-22(28)23-16-8-2-1-3-9-16)14-15-26-19-12-6-4-10-17(19)18-11-5-7-13-20(18)26/h4-7,10-13,16H,1-3,8-9,14-15H2,(H,24,27)(H2,23,25,28). The molecule has 1 saturated carbocycles. The molecule has 1 amide bonds. The minimum absolute atomic E-state index is 0.0744. The molecule has 28 heavy (non-hydrogen) atoms. The van der Waals surface area contributed by atoms with Crippen molar-refractivity contribution in [1.29, 1.82) is 0 Å². The maximum absolute atomic E-state index is 12.3. The van der Waals surface area contributed by atoms with Crippen molar-refractivity contribution in [3.8, 4) is 0 Å². The molecule has 1 aliphatic carbocycles. The highest BCUT2D eigenvalue weighted by atomic mass is 32.1. The van der Waals surface area contributed by atoms with Crippen LogP contribution in [0.1, 0.15) is 38.5 Å².